The number of hydrogen-bond donors (Lipinski definition) is 1. The molecule has 7 heteroatoms. The Hall–Kier alpha value is -2.03. The minimum Gasteiger partial charge on any atom is -0.387 e. The van der Waals surface area contributed by atoms with Crippen molar-refractivity contribution in [1.82, 2.24) is 9.21 Å². The van der Waals surface area contributed by atoms with Crippen LogP contribution in [0.25, 0.3) is 0 Å². The average molecular weight is 431 g/mol. The predicted octanol–water partition coefficient (Wildman–Crippen LogP) is 3.73. The molecule has 2 aromatic carbocycles. The first-order valence-electron chi connectivity index (χ1n) is 9.34. The van der Waals surface area contributed by atoms with E-state index in [4.69, 9.17) is 0 Å². The molecule has 3 aromatic rings. The second-order valence-corrected chi connectivity index (χ2v) is 10.1. The molecule has 0 aliphatic rings. The van der Waals surface area contributed by atoms with Crippen molar-refractivity contribution < 1.29 is 13.5 Å². The molecule has 0 amide bonds. The summed E-state index contributed by atoms with van der Waals surface area (Å²) < 4.78 is 26.2. The molecular weight excluding hydrogens is 404 g/mol. The molecule has 3 rings (SSSR count). The number of nitrogens with zero attached hydrogens (tertiary/aromatic N) is 2. The SMILES string of the molecule is CN(C)S(=O)(=O)c1cccc(CN(Cc2ccccc2)C[C@H](O)c2ccsc2)c1. The normalized spacial score (nSPS) is 13.1. The lowest BCUT2D eigenvalue weighted by Gasteiger charge is -2.25. The van der Waals surface area contributed by atoms with Gasteiger partial charge in [0.2, 0.25) is 10.0 Å². The fraction of sp³-hybridized carbons (Fsp3) is 0.273. The van der Waals surface area contributed by atoms with E-state index in [1.807, 2.05) is 41.1 Å². The highest BCUT2D eigenvalue weighted by Gasteiger charge is 2.19. The van der Waals surface area contributed by atoms with E-state index in [1.165, 1.54) is 18.4 Å². The summed E-state index contributed by atoms with van der Waals surface area (Å²) >= 11 is 1.56. The lowest BCUT2D eigenvalue weighted by atomic mass is 10.1. The molecule has 0 aliphatic carbocycles. The van der Waals surface area contributed by atoms with E-state index in [0.717, 1.165) is 16.7 Å². The summed E-state index contributed by atoms with van der Waals surface area (Å²) in [6, 6.07) is 19.0. The van der Waals surface area contributed by atoms with Crippen molar-refractivity contribution in [2.75, 3.05) is 20.6 Å². The van der Waals surface area contributed by atoms with Gasteiger partial charge in [-0.15, -0.1) is 0 Å². The summed E-state index contributed by atoms with van der Waals surface area (Å²) in [6.45, 7) is 1.65. The van der Waals surface area contributed by atoms with Crippen LogP contribution < -0.4 is 0 Å². The Bertz CT molecular complexity index is 1000. The quantitative estimate of drug-likeness (QED) is 0.562. The smallest absolute Gasteiger partial charge is 0.242 e. The van der Waals surface area contributed by atoms with Crippen LogP contribution in [0.4, 0.5) is 0 Å². The summed E-state index contributed by atoms with van der Waals surface area (Å²) in [5.74, 6) is 0. The van der Waals surface area contributed by atoms with E-state index < -0.39 is 16.1 Å². The van der Waals surface area contributed by atoms with Crippen molar-refractivity contribution in [2.24, 2.45) is 0 Å². The number of hydrogen-bond acceptors (Lipinski definition) is 5. The van der Waals surface area contributed by atoms with Gasteiger partial charge in [-0.2, -0.15) is 11.3 Å². The van der Waals surface area contributed by atoms with Gasteiger partial charge in [-0.25, -0.2) is 12.7 Å². The van der Waals surface area contributed by atoms with E-state index in [0.29, 0.717) is 19.6 Å². The van der Waals surface area contributed by atoms with E-state index >= 15 is 0 Å². The van der Waals surface area contributed by atoms with Crippen LogP contribution >= 0.6 is 11.3 Å². The maximum absolute atomic E-state index is 12.5. The first-order valence-corrected chi connectivity index (χ1v) is 11.7. The van der Waals surface area contributed by atoms with Crippen LogP contribution in [-0.2, 0) is 23.1 Å². The minimum absolute atomic E-state index is 0.276. The topological polar surface area (TPSA) is 60.9 Å². The van der Waals surface area contributed by atoms with Crippen LogP contribution in [-0.4, -0.2) is 43.4 Å². The second-order valence-electron chi connectivity index (χ2n) is 7.16. The van der Waals surface area contributed by atoms with Crippen LogP contribution in [0.2, 0.25) is 0 Å². The van der Waals surface area contributed by atoms with Crippen molar-refractivity contribution in [2.45, 2.75) is 24.1 Å². The van der Waals surface area contributed by atoms with Crippen LogP contribution in [0.1, 0.15) is 22.8 Å². The van der Waals surface area contributed by atoms with Crippen LogP contribution in [0.15, 0.2) is 76.3 Å². The molecule has 0 bridgehead atoms. The fourth-order valence-corrected chi connectivity index (χ4v) is 4.79. The van der Waals surface area contributed by atoms with Gasteiger partial charge in [0, 0.05) is 33.7 Å². The molecule has 0 fully saturated rings. The zero-order valence-electron chi connectivity index (χ0n) is 16.6. The highest BCUT2D eigenvalue weighted by Crippen LogP contribution is 2.21. The third-order valence-corrected chi connectivity index (χ3v) is 7.20. The van der Waals surface area contributed by atoms with Gasteiger partial charge in [0.15, 0.2) is 0 Å². The van der Waals surface area contributed by atoms with E-state index in [2.05, 4.69) is 17.0 Å². The van der Waals surface area contributed by atoms with Gasteiger partial charge in [-0.1, -0.05) is 42.5 Å². The molecule has 1 heterocycles. The van der Waals surface area contributed by atoms with Crippen molar-refractivity contribution in [3.8, 4) is 0 Å². The molecule has 0 radical (unpaired) electrons. The Morgan fingerprint density at radius 3 is 2.31 bits per heavy atom. The standard InChI is InChI=1S/C22H26N2O3S2/c1-23(2)29(26,27)21-10-6-9-19(13-21)15-24(14-18-7-4-3-5-8-18)16-22(25)20-11-12-28-17-20/h3-13,17,22,25H,14-16H2,1-2H3/t22-/m0/s1. The Kier molecular flexibility index (Phi) is 7.21. The van der Waals surface area contributed by atoms with Crippen molar-refractivity contribution in [1.29, 1.82) is 0 Å². The van der Waals surface area contributed by atoms with Gasteiger partial charge >= 0.3 is 0 Å². The molecular formula is C22H26N2O3S2. The third kappa shape index (κ3) is 5.74. The lowest BCUT2D eigenvalue weighted by Crippen LogP contribution is -2.28. The molecule has 0 spiro atoms. The number of benzene rings is 2. The molecule has 1 atom stereocenters. The fourth-order valence-electron chi connectivity index (χ4n) is 3.11. The highest BCUT2D eigenvalue weighted by atomic mass is 32.2. The number of aliphatic hydroxyl groups excluding tert-OH is 1. The number of sulfonamides is 1. The van der Waals surface area contributed by atoms with Gasteiger partial charge < -0.3 is 5.11 Å². The van der Waals surface area contributed by atoms with Gasteiger partial charge in [0.05, 0.1) is 11.0 Å². The van der Waals surface area contributed by atoms with Gasteiger partial charge in [-0.3, -0.25) is 4.90 Å². The molecule has 1 aromatic heterocycles. The summed E-state index contributed by atoms with van der Waals surface area (Å²) in [5, 5.41) is 14.6. The summed E-state index contributed by atoms with van der Waals surface area (Å²) in [5.41, 5.74) is 2.93. The zero-order chi connectivity index (χ0) is 20.9. The number of aliphatic hydroxyl groups is 1. The largest absolute Gasteiger partial charge is 0.387 e. The summed E-state index contributed by atoms with van der Waals surface area (Å²) in [7, 11) is -0.428. The first kappa shape index (κ1) is 21.7. The molecule has 1 N–H and O–H groups in total. The Labute approximate surface area is 176 Å². The van der Waals surface area contributed by atoms with Crippen LogP contribution in [0.5, 0.6) is 0 Å². The first-order chi connectivity index (χ1) is 13.9. The lowest BCUT2D eigenvalue weighted by molar-refractivity contribution is 0.105. The van der Waals surface area contributed by atoms with Gasteiger partial charge in [0.25, 0.3) is 0 Å². The monoisotopic (exact) mass is 430 g/mol. The highest BCUT2D eigenvalue weighted by molar-refractivity contribution is 7.89. The molecule has 0 saturated carbocycles. The predicted molar refractivity (Wildman–Crippen MR) is 117 cm³/mol. The Morgan fingerprint density at radius 2 is 1.66 bits per heavy atom. The van der Waals surface area contributed by atoms with Crippen molar-refractivity contribution in [3.05, 3.63) is 88.1 Å². The average Bonchev–Trinajstić information content (AvgIpc) is 3.24. The van der Waals surface area contributed by atoms with Gasteiger partial charge in [-0.05, 0) is 45.6 Å². The number of thiophene rings is 1. The maximum Gasteiger partial charge on any atom is 0.242 e. The van der Waals surface area contributed by atoms with E-state index in [-0.39, 0.29) is 4.90 Å². The summed E-state index contributed by atoms with van der Waals surface area (Å²) in [4.78, 5) is 2.41. The molecule has 154 valence electrons. The van der Waals surface area contributed by atoms with E-state index in [1.54, 1.807) is 29.5 Å². The van der Waals surface area contributed by atoms with Gasteiger partial charge in [0.1, 0.15) is 0 Å². The van der Waals surface area contributed by atoms with Crippen molar-refractivity contribution in [3.63, 3.8) is 0 Å². The summed E-state index contributed by atoms with van der Waals surface area (Å²) in [6.07, 6.45) is -0.598. The van der Waals surface area contributed by atoms with Crippen molar-refractivity contribution >= 4 is 21.4 Å². The van der Waals surface area contributed by atoms with E-state index in [9.17, 15) is 13.5 Å². The molecule has 29 heavy (non-hydrogen) atoms. The zero-order valence-corrected chi connectivity index (χ0v) is 18.2. The van der Waals surface area contributed by atoms with Crippen LogP contribution in [0.3, 0.4) is 0 Å². The third-order valence-electron chi connectivity index (χ3n) is 4.69. The minimum atomic E-state index is -3.49. The second kappa shape index (κ2) is 9.65. The molecule has 0 unspecified atom stereocenters. The molecule has 0 aliphatic heterocycles. The van der Waals surface area contributed by atoms with Crippen LogP contribution in [0, 0.1) is 0 Å². The number of rotatable bonds is 9. The Morgan fingerprint density at radius 1 is 0.966 bits per heavy atom. The maximum atomic E-state index is 12.5. The molecule has 5 nitrogen and oxygen atoms in total. The molecule has 0 saturated heterocycles. The Balaban J connectivity index is 1.82.